The number of para-hydroxylation sites is 1. The number of halogens is 4. The van der Waals surface area contributed by atoms with E-state index in [4.69, 9.17) is 0 Å². The van der Waals surface area contributed by atoms with Crippen LogP contribution in [0.1, 0.15) is 12.0 Å². The first-order chi connectivity index (χ1) is 16.7. The van der Waals surface area contributed by atoms with Gasteiger partial charge in [-0.2, -0.15) is 8.78 Å². The topological polar surface area (TPSA) is 110 Å². The van der Waals surface area contributed by atoms with Crippen LogP contribution < -0.4 is 15.0 Å². The molecular formula is C23H18F4N2O6. The molecule has 2 amide bonds. The average molecular weight is 494 g/mol. The molecule has 3 rings (SSSR count). The number of hydrogen-bond acceptors (Lipinski definition) is 6. The van der Waals surface area contributed by atoms with Gasteiger partial charge in [0.1, 0.15) is 12.9 Å². The number of Topliss-reactive ketones (excluding diaryl/α,β-unsaturated/α-hetero) is 1. The van der Waals surface area contributed by atoms with E-state index in [0.29, 0.717) is 17.5 Å². The molecule has 1 heterocycles. The number of ether oxygens (including phenoxy) is 1. The normalized spacial score (nSPS) is 15.5. The summed E-state index contributed by atoms with van der Waals surface area (Å²) in [4.78, 5) is 60.6. The Bertz CT molecular complexity index is 1160. The van der Waals surface area contributed by atoms with Gasteiger partial charge in [-0.15, -0.1) is 0 Å². The Balaban J connectivity index is 1.73. The summed E-state index contributed by atoms with van der Waals surface area (Å²) in [5.74, 6) is -12.2. The molecule has 8 nitrogen and oxygen atoms in total. The second kappa shape index (κ2) is 10.9. The van der Waals surface area contributed by atoms with Crippen LogP contribution in [0.3, 0.4) is 0 Å². The highest BCUT2D eigenvalue weighted by molar-refractivity contribution is 6.30. The van der Waals surface area contributed by atoms with Crippen LogP contribution in [0.15, 0.2) is 30.3 Å². The van der Waals surface area contributed by atoms with Gasteiger partial charge in [-0.05, 0) is 18.1 Å². The van der Waals surface area contributed by atoms with Gasteiger partial charge in [0.25, 0.3) is 5.91 Å². The molecule has 0 unspecified atom stereocenters. The van der Waals surface area contributed by atoms with Crippen molar-refractivity contribution in [2.24, 2.45) is 5.92 Å². The number of ketones is 1. The minimum atomic E-state index is -1.85. The molecule has 184 valence electrons. The highest BCUT2D eigenvalue weighted by atomic mass is 19.2. The fourth-order valence-electron chi connectivity index (χ4n) is 3.62. The van der Waals surface area contributed by atoms with Gasteiger partial charge in [0.2, 0.25) is 23.8 Å². The molecular weight excluding hydrogens is 476 g/mol. The van der Waals surface area contributed by atoms with Crippen LogP contribution in [0.2, 0.25) is 0 Å². The summed E-state index contributed by atoms with van der Waals surface area (Å²) in [6.07, 6.45) is 0.0315. The van der Waals surface area contributed by atoms with Gasteiger partial charge >= 0.3 is 0 Å². The monoisotopic (exact) mass is 494 g/mol. The number of aldehydes is 2. The summed E-state index contributed by atoms with van der Waals surface area (Å²) in [5, 5.41) is 2.32. The molecule has 1 aliphatic heterocycles. The second-order valence-electron chi connectivity index (χ2n) is 7.61. The minimum Gasteiger partial charge on any atom is -0.479 e. The number of nitrogens with zero attached hydrogens (tertiary/aromatic N) is 1. The maximum atomic E-state index is 13.7. The van der Waals surface area contributed by atoms with Crippen molar-refractivity contribution in [3.05, 3.63) is 59.2 Å². The Morgan fingerprint density at radius 1 is 1.09 bits per heavy atom. The van der Waals surface area contributed by atoms with Crippen LogP contribution in [-0.4, -0.2) is 49.4 Å². The predicted molar refractivity (Wildman–Crippen MR) is 111 cm³/mol. The predicted octanol–water partition coefficient (Wildman–Crippen LogP) is 1.67. The van der Waals surface area contributed by atoms with Crippen molar-refractivity contribution < 1.29 is 46.3 Å². The first-order valence-electron chi connectivity index (χ1n) is 10.2. The summed E-state index contributed by atoms with van der Waals surface area (Å²) in [6.45, 7) is -1.29. The number of carbonyl (C=O) groups is 5. The summed E-state index contributed by atoms with van der Waals surface area (Å²) in [7, 11) is 0. The molecule has 2 aromatic rings. The molecule has 0 saturated carbocycles. The third-order valence-electron chi connectivity index (χ3n) is 5.36. The number of amides is 2. The lowest BCUT2D eigenvalue weighted by molar-refractivity contribution is -0.132. The van der Waals surface area contributed by atoms with Gasteiger partial charge in [0, 0.05) is 24.7 Å². The Hall–Kier alpha value is -4.09. The molecule has 0 bridgehead atoms. The molecule has 0 spiro atoms. The van der Waals surface area contributed by atoms with Crippen molar-refractivity contribution in [1.29, 1.82) is 0 Å². The third-order valence-corrected chi connectivity index (χ3v) is 5.36. The molecule has 0 saturated heterocycles. The van der Waals surface area contributed by atoms with Crippen LogP contribution in [-0.2, 0) is 30.4 Å². The molecule has 0 fully saturated rings. The number of benzene rings is 2. The maximum Gasteiger partial charge on any atom is 0.291 e. The molecule has 12 heteroatoms. The lowest BCUT2D eigenvalue weighted by Gasteiger charge is -2.33. The van der Waals surface area contributed by atoms with Crippen molar-refractivity contribution in [2.45, 2.75) is 18.9 Å². The molecule has 0 aliphatic carbocycles. The Labute approximate surface area is 195 Å². The summed E-state index contributed by atoms with van der Waals surface area (Å²) in [6, 6.07) is 5.07. The van der Waals surface area contributed by atoms with E-state index in [9.17, 15) is 41.5 Å². The average Bonchev–Trinajstić information content (AvgIpc) is 2.85. The zero-order valence-electron chi connectivity index (χ0n) is 17.9. The van der Waals surface area contributed by atoms with Gasteiger partial charge in [0.15, 0.2) is 23.2 Å². The number of anilines is 1. The summed E-state index contributed by atoms with van der Waals surface area (Å²) in [5.41, 5.74) is 1.05. The first kappa shape index (κ1) is 25.5. The van der Waals surface area contributed by atoms with E-state index >= 15 is 0 Å². The Morgan fingerprint density at radius 3 is 2.37 bits per heavy atom. The van der Waals surface area contributed by atoms with Crippen molar-refractivity contribution in [3.63, 3.8) is 0 Å². The minimum absolute atomic E-state index is 0.0320. The zero-order chi connectivity index (χ0) is 25.7. The lowest BCUT2D eigenvalue weighted by atomic mass is 9.91. The van der Waals surface area contributed by atoms with Gasteiger partial charge in [-0.25, -0.2) is 8.78 Å². The molecule has 0 aromatic heterocycles. The number of rotatable bonds is 9. The molecule has 2 atom stereocenters. The van der Waals surface area contributed by atoms with E-state index in [-0.39, 0.29) is 25.3 Å². The van der Waals surface area contributed by atoms with Crippen molar-refractivity contribution >= 4 is 35.9 Å². The second-order valence-corrected chi connectivity index (χ2v) is 7.61. The summed E-state index contributed by atoms with van der Waals surface area (Å²) < 4.78 is 58.8. The smallest absolute Gasteiger partial charge is 0.291 e. The van der Waals surface area contributed by atoms with Crippen LogP contribution in [0.5, 0.6) is 5.75 Å². The van der Waals surface area contributed by atoms with E-state index in [1.807, 2.05) is 0 Å². The third kappa shape index (κ3) is 5.53. The number of nitrogens with one attached hydrogen (secondary N) is 1. The number of carbonyl (C=O) groups excluding carboxylic acids is 5. The van der Waals surface area contributed by atoms with Crippen molar-refractivity contribution in [2.75, 3.05) is 18.1 Å². The van der Waals surface area contributed by atoms with Crippen LogP contribution in [0.4, 0.5) is 23.2 Å². The van der Waals surface area contributed by atoms with Gasteiger partial charge < -0.3 is 19.7 Å². The Morgan fingerprint density at radius 2 is 1.74 bits per heavy atom. The standard InChI is InChI=1S/C23H18F4N2O6/c24-14-8-15(25)21(27)22(20(14)26)35-11-18(32)16(5-6-30)28-23(34)13-7-12-3-1-2-4-17(12)29(9-13)19(33)10-31/h1-4,6,8,10,13,16H,5,7,9,11H2,(H,28,34)/t13-,16-/m0/s1. The molecule has 1 aliphatic rings. The number of hydrogen-bond donors (Lipinski definition) is 1. The highest BCUT2D eigenvalue weighted by Crippen LogP contribution is 2.30. The van der Waals surface area contributed by atoms with E-state index in [1.165, 1.54) is 0 Å². The first-order valence-corrected chi connectivity index (χ1v) is 10.2. The van der Waals surface area contributed by atoms with Crippen molar-refractivity contribution in [1.82, 2.24) is 5.32 Å². The van der Waals surface area contributed by atoms with Gasteiger partial charge in [-0.1, -0.05) is 18.2 Å². The lowest BCUT2D eigenvalue weighted by Crippen LogP contribution is -2.50. The van der Waals surface area contributed by atoms with E-state index in [1.54, 1.807) is 24.3 Å². The SMILES string of the molecule is O=CC[C@H](NC(=O)[C@H]1Cc2ccccc2N(C(=O)C=O)C1)C(=O)COc1c(F)c(F)cc(F)c1F. The molecule has 35 heavy (non-hydrogen) atoms. The fraction of sp³-hybridized carbons (Fsp3) is 0.261. The maximum absolute atomic E-state index is 13.7. The van der Waals surface area contributed by atoms with Gasteiger partial charge in [-0.3, -0.25) is 19.2 Å². The molecule has 2 aromatic carbocycles. The highest BCUT2D eigenvalue weighted by Gasteiger charge is 2.34. The fourth-order valence-corrected chi connectivity index (χ4v) is 3.62. The van der Waals surface area contributed by atoms with Crippen LogP contribution >= 0.6 is 0 Å². The van der Waals surface area contributed by atoms with E-state index in [2.05, 4.69) is 10.1 Å². The van der Waals surface area contributed by atoms with Gasteiger partial charge in [0.05, 0.1) is 12.0 Å². The quantitative estimate of drug-likeness (QED) is 0.246. The Kier molecular flexibility index (Phi) is 7.94. The van der Waals surface area contributed by atoms with Crippen LogP contribution in [0, 0.1) is 29.2 Å². The number of fused-ring (bicyclic) bond motifs is 1. The van der Waals surface area contributed by atoms with Crippen molar-refractivity contribution in [3.8, 4) is 5.75 Å². The largest absolute Gasteiger partial charge is 0.479 e. The van der Waals surface area contributed by atoms with Crippen LogP contribution in [0.25, 0.3) is 0 Å². The molecule has 0 radical (unpaired) electrons. The van der Waals surface area contributed by atoms with E-state index < -0.39 is 71.6 Å². The zero-order valence-corrected chi connectivity index (χ0v) is 17.9. The molecule has 1 N–H and O–H groups in total. The summed E-state index contributed by atoms with van der Waals surface area (Å²) >= 11 is 0. The van der Waals surface area contributed by atoms with E-state index in [0.717, 1.165) is 4.90 Å².